The predicted octanol–water partition coefficient (Wildman–Crippen LogP) is 1.75. The number of piperazine rings is 1. The molecule has 0 aliphatic carbocycles. The molecule has 130 valence electrons. The van der Waals surface area contributed by atoms with Crippen molar-refractivity contribution >= 4 is 18.3 Å². The van der Waals surface area contributed by atoms with Crippen molar-refractivity contribution in [3.05, 3.63) is 41.7 Å². The molecular formula is C14H15ClF3N5O. The van der Waals surface area contributed by atoms with Gasteiger partial charge in [0, 0.05) is 26.2 Å². The highest BCUT2D eigenvalue weighted by molar-refractivity contribution is 5.92. The number of hydrogen-bond acceptors (Lipinski definition) is 4. The Bertz CT molecular complexity index is 712. The normalized spacial score (nSPS) is 15.0. The van der Waals surface area contributed by atoms with E-state index in [2.05, 4.69) is 15.6 Å². The first kappa shape index (κ1) is 18.2. The SMILES string of the molecule is Cl.O=C(c1cn(-c2ccccc2C(F)(F)F)nn1)N1CCNCC1. The summed E-state index contributed by atoms with van der Waals surface area (Å²) < 4.78 is 40.1. The first-order chi connectivity index (χ1) is 11.0. The Morgan fingerprint density at radius 1 is 1.17 bits per heavy atom. The second kappa shape index (κ2) is 7.18. The molecule has 1 aromatic heterocycles. The Morgan fingerprint density at radius 2 is 1.83 bits per heavy atom. The highest BCUT2D eigenvalue weighted by Gasteiger charge is 2.34. The number of hydrogen-bond donors (Lipinski definition) is 1. The van der Waals surface area contributed by atoms with Gasteiger partial charge in [-0.15, -0.1) is 17.5 Å². The van der Waals surface area contributed by atoms with E-state index < -0.39 is 11.7 Å². The first-order valence-electron chi connectivity index (χ1n) is 7.06. The lowest BCUT2D eigenvalue weighted by Crippen LogP contribution is -2.46. The molecule has 0 spiro atoms. The van der Waals surface area contributed by atoms with Gasteiger partial charge in [0.15, 0.2) is 5.69 Å². The summed E-state index contributed by atoms with van der Waals surface area (Å²) in [4.78, 5) is 13.9. The molecule has 0 bridgehead atoms. The van der Waals surface area contributed by atoms with E-state index in [9.17, 15) is 18.0 Å². The van der Waals surface area contributed by atoms with Crippen LogP contribution in [-0.2, 0) is 6.18 Å². The Hall–Kier alpha value is -2.13. The lowest BCUT2D eigenvalue weighted by molar-refractivity contribution is -0.137. The topological polar surface area (TPSA) is 63.1 Å². The number of alkyl halides is 3. The Labute approximate surface area is 142 Å². The van der Waals surface area contributed by atoms with Gasteiger partial charge in [-0.05, 0) is 12.1 Å². The minimum absolute atomic E-state index is 0. The van der Waals surface area contributed by atoms with Crippen molar-refractivity contribution in [2.24, 2.45) is 0 Å². The molecular weight excluding hydrogens is 347 g/mol. The van der Waals surface area contributed by atoms with Crippen LogP contribution < -0.4 is 5.32 Å². The number of halogens is 4. The lowest BCUT2D eigenvalue weighted by Gasteiger charge is -2.26. The van der Waals surface area contributed by atoms with Crippen molar-refractivity contribution in [2.45, 2.75) is 6.18 Å². The fraction of sp³-hybridized carbons (Fsp3) is 0.357. The summed E-state index contributed by atoms with van der Waals surface area (Å²) in [7, 11) is 0. The Kier molecular flexibility index (Phi) is 5.45. The molecule has 0 atom stereocenters. The molecule has 0 radical (unpaired) electrons. The molecule has 2 aromatic rings. The summed E-state index contributed by atoms with van der Waals surface area (Å²) in [6, 6.07) is 5.03. The Balaban J connectivity index is 0.00000208. The lowest BCUT2D eigenvalue weighted by atomic mass is 10.1. The van der Waals surface area contributed by atoms with Crippen LogP contribution in [0.15, 0.2) is 30.5 Å². The largest absolute Gasteiger partial charge is 0.418 e. The number of amides is 1. The number of nitrogens with one attached hydrogen (secondary N) is 1. The van der Waals surface area contributed by atoms with Crippen LogP contribution in [0.2, 0.25) is 0 Å². The van der Waals surface area contributed by atoms with E-state index in [1.807, 2.05) is 0 Å². The second-order valence-electron chi connectivity index (χ2n) is 5.11. The van der Waals surface area contributed by atoms with E-state index in [1.165, 1.54) is 24.4 Å². The maximum Gasteiger partial charge on any atom is 0.418 e. The van der Waals surface area contributed by atoms with Crippen LogP contribution in [0.25, 0.3) is 5.69 Å². The molecule has 1 aromatic carbocycles. The molecule has 1 amide bonds. The van der Waals surface area contributed by atoms with Gasteiger partial charge in [0.1, 0.15) is 0 Å². The Morgan fingerprint density at radius 3 is 2.50 bits per heavy atom. The first-order valence-corrected chi connectivity index (χ1v) is 7.06. The third-order valence-corrected chi connectivity index (χ3v) is 3.57. The molecule has 1 N–H and O–H groups in total. The minimum Gasteiger partial charge on any atom is -0.335 e. The fourth-order valence-electron chi connectivity index (χ4n) is 2.42. The van der Waals surface area contributed by atoms with Crippen LogP contribution in [0.3, 0.4) is 0 Å². The number of aromatic nitrogens is 3. The summed E-state index contributed by atoms with van der Waals surface area (Å²) in [6.45, 7) is 2.42. The van der Waals surface area contributed by atoms with Crippen LogP contribution >= 0.6 is 12.4 Å². The number of carbonyl (C=O) groups is 1. The molecule has 6 nitrogen and oxygen atoms in total. The molecule has 3 rings (SSSR count). The van der Waals surface area contributed by atoms with Gasteiger partial charge in [0.05, 0.1) is 17.4 Å². The zero-order chi connectivity index (χ0) is 16.4. The fourth-order valence-corrected chi connectivity index (χ4v) is 2.42. The third-order valence-electron chi connectivity index (χ3n) is 3.57. The van der Waals surface area contributed by atoms with Crippen LogP contribution in [0, 0.1) is 0 Å². The average molecular weight is 362 g/mol. The van der Waals surface area contributed by atoms with Crippen LogP contribution in [0.4, 0.5) is 13.2 Å². The van der Waals surface area contributed by atoms with Gasteiger partial charge in [-0.1, -0.05) is 17.3 Å². The van der Waals surface area contributed by atoms with E-state index in [1.54, 1.807) is 4.90 Å². The molecule has 1 saturated heterocycles. The number of nitrogens with zero attached hydrogens (tertiary/aromatic N) is 4. The van der Waals surface area contributed by atoms with E-state index in [0.717, 1.165) is 10.7 Å². The standard InChI is InChI=1S/C14H14F3N5O.ClH/c15-14(16,17)10-3-1-2-4-12(10)22-9-11(19-20-22)13(23)21-7-5-18-6-8-21;/h1-4,9,18H,5-8H2;1H. The monoisotopic (exact) mass is 361 g/mol. The summed E-state index contributed by atoms with van der Waals surface area (Å²) in [5.41, 5.74) is -0.957. The van der Waals surface area contributed by atoms with Gasteiger partial charge in [0.25, 0.3) is 5.91 Å². The molecule has 1 aliphatic rings. The van der Waals surface area contributed by atoms with Crippen molar-refractivity contribution in [3.63, 3.8) is 0 Å². The quantitative estimate of drug-likeness (QED) is 0.885. The molecule has 1 fully saturated rings. The van der Waals surface area contributed by atoms with Crippen molar-refractivity contribution in [1.82, 2.24) is 25.2 Å². The van der Waals surface area contributed by atoms with Crippen molar-refractivity contribution in [2.75, 3.05) is 26.2 Å². The van der Waals surface area contributed by atoms with Gasteiger partial charge in [0.2, 0.25) is 0 Å². The predicted molar refractivity (Wildman–Crippen MR) is 82.4 cm³/mol. The average Bonchev–Trinajstić information content (AvgIpc) is 3.04. The van der Waals surface area contributed by atoms with Gasteiger partial charge < -0.3 is 10.2 Å². The number of benzene rings is 1. The molecule has 10 heteroatoms. The number of para-hydroxylation sites is 1. The highest BCUT2D eigenvalue weighted by atomic mass is 35.5. The number of rotatable bonds is 2. The van der Waals surface area contributed by atoms with E-state index >= 15 is 0 Å². The molecule has 1 aliphatic heterocycles. The van der Waals surface area contributed by atoms with Gasteiger partial charge in [-0.25, -0.2) is 4.68 Å². The third kappa shape index (κ3) is 3.68. The second-order valence-corrected chi connectivity index (χ2v) is 5.11. The molecule has 0 unspecified atom stereocenters. The minimum atomic E-state index is -4.51. The van der Waals surface area contributed by atoms with E-state index in [0.29, 0.717) is 26.2 Å². The summed E-state index contributed by atoms with van der Waals surface area (Å²) >= 11 is 0. The van der Waals surface area contributed by atoms with Gasteiger partial charge in [-0.3, -0.25) is 4.79 Å². The molecule has 2 heterocycles. The van der Waals surface area contributed by atoms with Gasteiger partial charge >= 0.3 is 6.18 Å². The molecule has 24 heavy (non-hydrogen) atoms. The van der Waals surface area contributed by atoms with Crippen molar-refractivity contribution in [1.29, 1.82) is 0 Å². The van der Waals surface area contributed by atoms with E-state index in [4.69, 9.17) is 0 Å². The van der Waals surface area contributed by atoms with Crippen molar-refractivity contribution in [3.8, 4) is 5.69 Å². The van der Waals surface area contributed by atoms with Crippen molar-refractivity contribution < 1.29 is 18.0 Å². The summed E-state index contributed by atoms with van der Waals surface area (Å²) in [5, 5.41) is 10.5. The zero-order valence-corrected chi connectivity index (χ0v) is 13.3. The summed E-state index contributed by atoms with van der Waals surface area (Å²) in [6.07, 6.45) is -3.28. The van der Waals surface area contributed by atoms with Gasteiger partial charge in [-0.2, -0.15) is 13.2 Å². The molecule has 0 saturated carbocycles. The number of carbonyl (C=O) groups excluding carboxylic acids is 1. The van der Waals surface area contributed by atoms with E-state index in [-0.39, 0.29) is 29.7 Å². The van der Waals surface area contributed by atoms with Crippen LogP contribution in [0.1, 0.15) is 16.1 Å². The smallest absolute Gasteiger partial charge is 0.335 e. The summed E-state index contributed by atoms with van der Waals surface area (Å²) in [5.74, 6) is -0.331. The maximum absolute atomic E-state index is 13.0. The highest BCUT2D eigenvalue weighted by Crippen LogP contribution is 2.33. The van der Waals surface area contributed by atoms with Crippen LogP contribution in [0.5, 0.6) is 0 Å². The zero-order valence-electron chi connectivity index (χ0n) is 12.5. The van der Waals surface area contributed by atoms with Crippen LogP contribution in [-0.4, -0.2) is 52.0 Å². The maximum atomic E-state index is 13.0.